The largest absolute Gasteiger partial charge is 0.352 e. The van der Waals surface area contributed by atoms with Gasteiger partial charge in [-0.05, 0) is 42.7 Å². The van der Waals surface area contributed by atoms with Crippen LogP contribution in [0.3, 0.4) is 0 Å². The molecular formula is C22H23FN2O2S. The minimum Gasteiger partial charge on any atom is -0.352 e. The number of halogens is 1. The van der Waals surface area contributed by atoms with Crippen LogP contribution < -0.4 is 10.2 Å². The third-order valence-electron chi connectivity index (χ3n) is 4.52. The number of thioether (sulfide) groups is 1. The Balaban J connectivity index is 1.83. The normalized spacial score (nSPS) is 15.1. The van der Waals surface area contributed by atoms with Gasteiger partial charge in [-0.15, -0.1) is 0 Å². The van der Waals surface area contributed by atoms with Crippen molar-refractivity contribution in [1.29, 1.82) is 0 Å². The van der Waals surface area contributed by atoms with Crippen molar-refractivity contribution in [1.82, 2.24) is 5.32 Å². The fourth-order valence-electron chi connectivity index (χ4n) is 2.84. The molecule has 0 spiro atoms. The quantitative estimate of drug-likeness (QED) is 0.742. The number of nitrogens with one attached hydrogen (secondary N) is 1. The Labute approximate surface area is 168 Å². The van der Waals surface area contributed by atoms with Crippen molar-refractivity contribution < 1.29 is 14.0 Å². The first-order valence-corrected chi connectivity index (χ1v) is 10.0. The molecule has 0 bridgehead atoms. The summed E-state index contributed by atoms with van der Waals surface area (Å²) in [6.07, 6.45) is 2.48. The smallest absolute Gasteiger partial charge is 0.264 e. The summed E-state index contributed by atoms with van der Waals surface area (Å²) in [6, 6.07) is 11.7. The summed E-state index contributed by atoms with van der Waals surface area (Å²) in [7, 11) is 1.66. The highest BCUT2D eigenvalue weighted by molar-refractivity contribution is 8.04. The molecule has 2 aromatic rings. The topological polar surface area (TPSA) is 49.4 Å². The number of amides is 2. The lowest BCUT2D eigenvalue weighted by Gasteiger charge is -2.27. The number of rotatable bonds is 5. The summed E-state index contributed by atoms with van der Waals surface area (Å²) in [5.74, 6) is -0.228. The molecule has 2 aromatic carbocycles. The summed E-state index contributed by atoms with van der Waals surface area (Å²) >= 11 is 1.29. The minimum absolute atomic E-state index is 0.151. The first kappa shape index (κ1) is 20.1. The molecule has 0 radical (unpaired) electrons. The zero-order valence-electron chi connectivity index (χ0n) is 16.2. The van der Waals surface area contributed by atoms with Gasteiger partial charge in [0.1, 0.15) is 5.82 Å². The number of carbonyl (C=O) groups excluding carboxylic acids is 2. The second-order valence-corrected chi connectivity index (χ2v) is 8.20. The maximum absolute atomic E-state index is 13.9. The second kappa shape index (κ2) is 8.61. The molecule has 2 amide bonds. The Bertz CT molecular complexity index is 940. The van der Waals surface area contributed by atoms with Gasteiger partial charge in [-0.1, -0.05) is 43.8 Å². The fraction of sp³-hybridized carbons (Fsp3) is 0.273. The van der Waals surface area contributed by atoms with Crippen LogP contribution in [0.25, 0.3) is 6.08 Å². The SMILES string of the molecule is CC(C)CCNC(=O)c1ccc2c(c1)N(C)C(=O)/C(=C/c1ccccc1F)S2. The highest BCUT2D eigenvalue weighted by atomic mass is 32.2. The molecule has 1 N–H and O–H groups in total. The van der Waals surface area contributed by atoms with Gasteiger partial charge < -0.3 is 10.2 Å². The van der Waals surface area contributed by atoms with Gasteiger partial charge in [0.2, 0.25) is 0 Å². The Morgan fingerprint density at radius 3 is 2.71 bits per heavy atom. The fourth-order valence-corrected chi connectivity index (χ4v) is 3.93. The molecule has 146 valence electrons. The number of nitrogens with zero attached hydrogens (tertiary/aromatic N) is 1. The molecule has 0 saturated heterocycles. The molecule has 1 heterocycles. The molecule has 1 aliphatic rings. The number of hydrogen-bond acceptors (Lipinski definition) is 3. The van der Waals surface area contributed by atoms with E-state index in [1.54, 1.807) is 43.5 Å². The van der Waals surface area contributed by atoms with Crippen molar-refractivity contribution in [3.05, 3.63) is 64.3 Å². The summed E-state index contributed by atoms with van der Waals surface area (Å²) in [5.41, 5.74) is 1.57. The molecule has 0 saturated carbocycles. The van der Waals surface area contributed by atoms with Crippen LogP contribution >= 0.6 is 11.8 Å². The number of hydrogen-bond donors (Lipinski definition) is 1. The molecule has 3 rings (SSSR count). The Kier molecular flexibility index (Phi) is 6.19. The van der Waals surface area contributed by atoms with Crippen LogP contribution in [0.2, 0.25) is 0 Å². The van der Waals surface area contributed by atoms with E-state index < -0.39 is 0 Å². The predicted octanol–water partition coefficient (Wildman–Crippen LogP) is 4.71. The molecule has 4 nitrogen and oxygen atoms in total. The van der Waals surface area contributed by atoms with Crippen LogP contribution in [-0.2, 0) is 4.79 Å². The molecule has 28 heavy (non-hydrogen) atoms. The van der Waals surface area contributed by atoms with Crippen molar-refractivity contribution >= 4 is 35.3 Å². The zero-order valence-corrected chi connectivity index (χ0v) is 17.0. The number of anilines is 1. The summed E-state index contributed by atoms with van der Waals surface area (Å²) in [6.45, 7) is 4.83. The van der Waals surface area contributed by atoms with Crippen LogP contribution in [0.5, 0.6) is 0 Å². The summed E-state index contributed by atoms with van der Waals surface area (Å²) in [4.78, 5) is 27.9. The number of fused-ring (bicyclic) bond motifs is 1. The van der Waals surface area contributed by atoms with Crippen LogP contribution in [0.4, 0.5) is 10.1 Å². The average molecular weight is 399 g/mol. The molecule has 6 heteroatoms. The van der Waals surface area contributed by atoms with Crippen LogP contribution in [0.1, 0.15) is 36.2 Å². The Morgan fingerprint density at radius 1 is 1.25 bits per heavy atom. The lowest BCUT2D eigenvalue weighted by atomic mass is 10.1. The first-order valence-electron chi connectivity index (χ1n) is 9.21. The van der Waals surface area contributed by atoms with E-state index in [4.69, 9.17) is 0 Å². The highest BCUT2D eigenvalue weighted by Crippen LogP contribution is 2.42. The van der Waals surface area contributed by atoms with E-state index in [0.29, 0.717) is 34.2 Å². The van der Waals surface area contributed by atoms with Crippen molar-refractivity contribution in [3.63, 3.8) is 0 Å². The molecule has 0 fully saturated rings. The van der Waals surface area contributed by atoms with E-state index in [0.717, 1.165) is 11.3 Å². The van der Waals surface area contributed by atoms with Gasteiger partial charge >= 0.3 is 0 Å². The van der Waals surface area contributed by atoms with E-state index in [9.17, 15) is 14.0 Å². The van der Waals surface area contributed by atoms with Gasteiger partial charge in [-0.3, -0.25) is 9.59 Å². The second-order valence-electron chi connectivity index (χ2n) is 7.12. The van der Waals surface area contributed by atoms with Gasteiger partial charge in [0.05, 0.1) is 10.6 Å². The molecule has 0 unspecified atom stereocenters. The van der Waals surface area contributed by atoms with Crippen molar-refractivity contribution in [3.8, 4) is 0 Å². The van der Waals surface area contributed by atoms with E-state index in [1.165, 1.54) is 22.7 Å². The lowest BCUT2D eigenvalue weighted by Crippen LogP contribution is -2.31. The van der Waals surface area contributed by atoms with Crippen LogP contribution in [-0.4, -0.2) is 25.4 Å². The molecule has 0 atom stereocenters. The van der Waals surface area contributed by atoms with Gasteiger partial charge in [0, 0.05) is 29.6 Å². The van der Waals surface area contributed by atoms with E-state index in [1.807, 2.05) is 6.07 Å². The first-order chi connectivity index (χ1) is 13.4. The molecular weight excluding hydrogens is 375 g/mol. The van der Waals surface area contributed by atoms with Gasteiger partial charge in [-0.25, -0.2) is 4.39 Å². The maximum Gasteiger partial charge on any atom is 0.264 e. The minimum atomic E-state index is -0.370. The summed E-state index contributed by atoms with van der Waals surface area (Å²) < 4.78 is 13.9. The Hall–Kier alpha value is -2.60. The number of carbonyl (C=O) groups is 2. The average Bonchev–Trinajstić information content (AvgIpc) is 2.67. The Morgan fingerprint density at radius 2 is 2.00 bits per heavy atom. The van der Waals surface area contributed by atoms with E-state index in [2.05, 4.69) is 19.2 Å². The van der Waals surface area contributed by atoms with Gasteiger partial charge in [0.25, 0.3) is 11.8 Å². The highest BCUT2D eigenvalue weighted by Gasteiger charge is 2.27. The summed E-state index contributed by atoms with van der Waals surface area (Å²) in [5, 5.41) is 2.91. The monoisotopic (exact) mass is 398 g/mol. The van der Waals surface area contributed by atoms with Gasteiger partial charge in [-0.2, -0.15) is 0 Å². The van der Waals surface area contributed by atoms with Crippen LogP contribution in [0.15, 0.2) is 52.3 Å². The molecule has 0 aromatic heterocycles. The van der Waals surface area contributed by atoms with Crippen molar-refractivity contribution in [2.75, 3.05) is 18.5 Å². The number of benzene rings is 2. The standard InChI is InChI=1S/C22H23FN2O2S/c1-14(2)10-11-24-21(26)16-8-9-19-18(12-16)25(3)22(27)20(28-19)13-15-6-4-5-7-17(15)23/h4-9,12-14H,10-11H2,1-3H3,(H,24,26)/b20-13-. The van der Waals surface area contributed by atoms with Gasteiger partial charge in [0.15, 0.2) is 0 Å². The van der Waals surface area contributed by atoms with E-state index >= 15 is 0 Å². The number of likely N-dealkylation sites (N-methyl/N-ethyl adjacent to an activating group) is 1. The van der Waals surface area contributed by atoms with Crippen molar-refractivity contribution in [2.24, 2.45) is 5.92 Å². The van der Waals surface area contributed by atoms with Crippen molar-refractivity contribution in [2.45, 2.75) is 25.2 Å². The third kappa shape index (κ3) is 4.44. The third-order valence-corrected chi connectivity index (χ3v) is 5.59. The lowest BCUT2D eigenvalue weighted by molar-refractivity contribution is -0.114. The zero-order chi connectivity index (χ0) is 20.3. The van der Waals surface area contributed by atoms with E-state index in [-0.39, 0.29) is 17.6 Å². The maximum atomic E-state index is 13.9. The predicted molar refractivity (Wildman–Crippen MR) is 112 cm³/mol. The molecule has 1 aliphatic heterocycles. The van der Waals surface area contributed by atoms with Crippen LogP contribution in [0, 0.1) is 11.7 Å². The molecule has 0 aliphatic carbocycles.